The van der Waals surface area contributed by atoms with Gasteiger partial charge in [-0.1, -0.05) is 49.0 Å². The van der Waals surface area contributed by atoms with Crippen LogP contribution in [0.15, 0.2) is 58.2 Å². The van der Waals surface area contributed by atoms with Crippen LogP contribution >= 0.6 is 12.6 Å². The molecule has 0 fully saturated rings. The second-order valence-corrected chi connectivity index (χ2v) is 3.93. The minimum atomic E-state index is 0. The van der Waals surface area contributed by atoms with E-state index in [0.717, 1.165) is 16.7 Å². The van der Waals surface area contributed by atoms with E-state index in [1.165, 1.54) is 5.56 Å². The summed E-state index contributed by atoms with van der Waals surface area (Å²) < 4.78 is 5.31. The van der Waals surface area contributed by atoms with Crippen molar-refractivity contribution in [3.63, 3.8) is 0 Å². The molecule has 3 aromatic rings. The van der Waals surface area contributed by atoms with Crippen LogP contribution in [0.2, 0.25) is 0 Å². The summed E-state index contributed by atoms with van der Waals surface area (Å²) >= 11 is 4.09. The van der Waals surface area contributed by atoms with Gasteiger partial charge in [0.15, 0.2) is 5.58 Å². The maximum absolute atomic E-state index is 5.31. The summed E-state index contributed by atoms with van der Waals surface area (Å²) in [5, 5.41) is 0.403. The first kappa shape index (κ1) is 12.6. The van der Waals surface area contributed by atoms with Crippen molar-refractivity contribution in [3.05, 3.63) is 48.5 Å². The van der Waals surface area contributed by atoms with Crippen LogP contribution in [0.4, 0.5) is 0 Å². The monoisotopic (exact) mass is 437 g/mol. The van der Waals surface area contributed by atoms with E-state index in [1.807, 2.05) is 36.4 Å². The average molecular weight is 437 g/mol. The van der Waals surface area contributed by atoms with Crippen LogP contribution in [0, 0.1) is 0 Å². The Bertz CT molecular complexity index is 636. The zero-order chi connectivity index (χ0) is 11.0. The van der Waals surface area contributed by atoms with Gasteiger partial charge in [0, 0.05) is 0 Å². The Morgan fingerprint density at radius 2 is 1.71 bits per heavy atom. The summed E-state index contributed by atoms with van der Waals surface area (Å²) in [6.07, 6.45) is 0. The van der Waals surface area contributed by atoms with Crippen molar-refractivity contribution in [2.24, 2.45) is 0 Å². The number of hydrogen-bond acceptors (Lipinski definition) is 3. The molecule has 0 saturated carbocycles. The van der Waals surface area contributed by atoms with Crippen LogP contribution in [0.25, 0.3) is 22.2 Å². The van der Waals surface area contributed by atoms with Crippen LogP contribution in [-0.4, -0.2) is 32.3 Å². The van der Waals surface area contributed by atoms with E-state index < -0.39 is 0 Å². The van der Waals surface area contributed by atoms with Crippen LogP contribution in [0.3, 0.4) is 0 Å². The summed E-state index contributed by atoms with van der Waals surface area (Å²) in [4.78, 5) is 4.20. The number of thiol groups is 1. The predicted octanol–water partition coefficient (Wildman–Crippen LogP) is 2.87. The molecule has 17 heavy (non-hydrogen) atoms. The van der Waals surface area contributed by atoms with Gasteiger partial charge in [0.1, 0.15) is 5.52 Å². The van der Waals surface area contributed by atoms with Crippen molar-refractivity contribution >= 4 is 51.0 Å². The van der Waals surface area contributed by atoms with Crippen molar-refractivity contribution in [2.75, 3.05) is 0 Å². The molecular weight excluding hydrogens is 425 g/mol. The molecule has 3 rings (SSSR count). The molecule has 2 aromatic carbocycles. The van der Waals surface area contributed by atoms with Crippen LogP contribution < -0.4 is 0 Å². The molecule has 0 aliphatic carbocycles. The van der Waals surface area contributed by atoms with E-state index in [4.69, 9.17) is 4.42 Å². The number of hydrogen-bond donors (Lipinski definition) is 1. The average Bonchev–Trinajstić information content (AvgIpc) is 2.69. The van der Waals surface area contributed by atoms with Gasteiger partial charge in [-0.3, -0.25) is 0 Å². The summed E-state index contributed by atoms with van der Waals surface area (Å²) in [5.74, 6) is 0. The van der Waals surface area contributed by atoms with E-state index in [-0.39, 0.29) is 27.3 Å². The Hall–Kier alpha value is -0.818. The number of oxazole rings is 1. The van der Waals surface area contributed by atoms with E-state index in [1.54, 1.807) is 0 Å². The zero-order valence-electron chi connectivity index (χ0n) is 9.13. The first-order chi connectivity index (χ1) is 7.83. The van der Waals surface area contributed by atoms with E-state index in [0.29, 0.717) is 5.22 Å². The molecule has 4 heteroatoms. The van der Waals surface area contributed by atoms with E-state index in [2.05, 4.69) is 29.7 Å². The van der Waals surface area contributed by atoms with Gasteiger partial charge >= 0.3 is 27.3 Å². The summed E-state index contributed by atoms with van der Waals surface area (Å²) in [6.45, 7) is 0. The van der Waals surface area contributed by atoms with Gasteiger partial charge in [-0.05, 0) is 23.3 Å². The van der Waals surface area contributed by atoms with E-state index >= 15 is 0 Å². The van der Waals surface area contributed by atoms with Crippen molar-refractivity contribution in [3.8, 4) is 11.1 Å². The Kier molecular flexibility index (Phi) is 3.88. The Morgan fingerprint density at radius 3 is 2.47 bits per heavy atom. The Labute approximate surface area is 125 Å². The Balaban J connectivity index is 0.00000108. The first-order valence-corrected chi connectivity index (χ1v) is 5.42. The molecule has 0 spiro atoms. The fourth-order valence-corrected chi connectivity index (χ4v) is 1.93. The molecule has 2 radical (unpaired) electrons. The van der Waals surface area contributed by atoms with Crippen molar-refractivity contribution in [1.29, 1.82) is 0 Å². The van der Waals surface area contributed by atoms with E-state index in [9.17, 15) is 0 Å². The number of fused-ring (bicyclic) bond motifs is 1. The molecule has 1 heterocycles. The van der Waals surface area contributed by atoms with Crippen LogP contribution in [0.1, 0.15) is 0 Å². The predicted molar refractivity (Wildman–Crippen MR) is 75.2 cm³/mol. The van der Waals surface area contributed by atoms with Gasteiger partial charge < -0.3 is 4.42 Å². The number of benzene rings is 2. The van der Waals surface area contributed by atoms with Gasteiger partial charge in [0.25, 0.3) is 5.22 Å². The van der Waals surface area contributed by atoms with Crippen molar-refractivity contribution in [1.82, 2.24) is 4.98 Å². The number of nitrogens with zero attached hydrogens (tertiary/aromatic N) is 1. The third-order valence-electron chi connectivity index (χ3n) is 2.48. The number of rotatable bonds is 1. The molecule has 1 aromatic heterocycles. The number of aromatic nitrogens is 1. The second-order valence-electron chi connectivity index (χ2n) is 3.54. The van der Waals surface area contributed by atoms with Crippen LogP contribution in [-0.2, 0) is 0 Å². The molecule has 84 valence electrons. The quantitative estimate of drug-likeness (QED) is 0.469. The van der Waals surface area contributed by atoms with Crippen molar-refractivity contribution < 1.29 is 4.42 Å². The maximum atomic E-state index is 5.31. The summed E-state index contributed by atoms with van der Waals surface area (Å²) in [7, 11) is 0. The summed E-state index contributed by atoms with van der Waals surface area (Å²) in [5.41, 5.74) is 3.92. The molecule has 0 unspecified atom stereocenters. The molecule has 0 atom stereocenters. The standard InChI is InChI=1S/C13H9NOS.Pb.2H/c16-13-14-11-8-10(6-7-12(11)15-13)9-4-2-1-3-5-9;;;/h1-8H,(H,14,16);;;. The second kappa shape index (κ2) is 5.22. The third-order valence-corrected chi connectivity index (χ3v) is 2.67. The molecule has 0 bridgehead atoms. The molecule has 0 saturated heterocycles. The van der Waals surface area contributed by atoms with Gasteiger partial charge in [0.05, 0.1) is 0 Å². The van der Waals surface area contributed by atoms with Gasteiger partial charge in [0.2, 0.25) is 0 Å². The minimum absolute atomic E-state index is 0. The molecular formula is C13H11NOPbS. The zero-order valence-corrected chi connectivity index (χ0v) is 15.5. The molecule has 0 aliphatic heterocycles. The molecule has 0 amide bonds. The fraction of sp³-hybridized carbons (Fsp3) is 0. The van der Waals surface area contributed by atoms with Crippen molar-refractivity contribution in [2.45, 2.75) is 5.22 Å². The molecule has 0 aliphatic rings. The molecule has 2 nitrogen and oxygen atoms in total. The normalized spacial score (nSPS) is 10.2. The molecule has 0 N–H and O–H groups in total. The third kappa shape index (κ3) is 2.55. The van der Waals surface area contributed by atoms with Gasteiger partial charge in [-0.2, -0.15) is 0 Å². The fourth-order valence-electron chi connectivity index (χ4n) is 1.73. The van der Waals surface area contributed by atoms with Gasteiger partial charge in [-0.15, -0.1) is 0 Å². The van der Waals surface area contributed by atoms with Gasteiger partial charge in [-0.25, -0.2) is 4.98 Å². The summed E-state index contributed by atoms with van der Waals surface area (Å²) in [6, 6.07) is 16.1. The first-order valence-electron chi connectivity index (χ1n) is 4.98. The SMILES string of the molecule is Sc1nc2cc(-c3ccccc3)ccc2o1.[PbH2]. The topological polar surface area (TPSA) is 26.0 Å². The Morgan fingerprint density at radius 1 is 0.941 bits per heavy atom. The van der Waals surface area contributed by atoms with Crippen LogP contribution in [0.5, 0.6) is 0 Å².